The molecule has 0 fully saturated rings. The number of likely N-dealkylation sites (N-methyl/N-ethyl adjacent to an activating group) is 1. The van der Waals surface area contributed by atoms with Crippen LogP contribution in [0.2, 0.25) is 0 Å². The Kier molecular flexibility index (Phi) is 6.84. The van der Waals surface area contributed by atoms with E-state index in [1.165, 1.54) is 0 Å². The van der Waals surface area contributed by atoms with Crippen molar-refractivity contribution in [3.63, 3.8) is 0 Å². The molecule has 2 heteroatoms. The molecule has 0 radical (unpaired) electrons. The number of hydrogen-bond acceptors (Lipinski definition) is 2. The number of terminal acetylenes is 1. The standard InChI is InChI=1S/C10H20N2/c1-5-6-8-12(4)9-7-11-10(2)3/h1,10-11H,6-9H2,2-4H3. The summed E-state index contributed by atoms with van der Waals surface area (Å²) >= 11 is 0. The first kappa shape index (κ1) is 11.5. The number of nitrogens with zero attached hydrogens (tertiary/aromatic N) is 1. The minimum atomic E-state index is 0.575. The van der Waals surface area contributed by atoms with E-state index in [0.717, 1.165) is 26.1 Å². The van der Waals surface area contributed by atoms with Crippen molar-refractivity contribution in [3.05, 3.63) is 0 Å². The van der Waals surface area contributed by atoms with E-state index in [1.54, 1.807) is 0 Å². The molecule has 0 unspecified atom stereocenters. The average Bonchev–Trinajstić information content (AvgIpc) is 2.00. The Balaban J connectivity index is 3.20. The highest BCUT2D eigenvalue weighted by Crippen LogP contribution is 1.85. The van der Waals surface area contributed by atoms with E-state index < -0.39 is 0 Å². The zero-order chi connectivity index (χ0) is 9.40. The largest absolute Gasteiger partial charge is 0.313 e. The van der Waals surface area contributed by atoms with Crippen molar-refractivity contribution in [2.24, 2.45) is 0 Å². The Morgan fingerprint density at radius 3 is 2.58 bits per heavy atom. The van der Waals surface area contributed by atoms with Gasteiger partial charge in [0.2, 0.25) is 0 Å². The Morgan fingerprint density at radius 2 is 2.08 bits per heavy atom. The third-order valence-electron chi connectivity index (χ3n) is 1.68. The normalized spacial score (nSPS) is 10.7. The maximum Gasteiger partial charge on any atom is 0.0214 e. The molecule has 0 aliphatic heterocycles. The molecule has 0 spiro atoms. The molecule has 0 rings (SSSR count). The molecule has 0 atom stereocenters. The number of hydrogen-bond donors (Lipinski definition) is 1. The molecule has 0 aliphatic rings. The van der Waals surface area contributed by atoms with Crippen molar-refractivity contribution in [2.45, 2.75) is 26.3 Å². The highest BCUT2D eigenvalue weighted by Gasteiger charge is 1.96. The Labute approximate surface area is 76.3 Å². The summed E-state index contributed by atoms with van der Waals surface area (Å²) in [5, 5.41) is 3.36. The predicted molar refractivity (Wildman–Crippen MR) is 54.1 cm³/mol. The molecule has 1 N–H and O–H groups in total. The van der Waals surface area contributed by atoms with E-state index in [9.17, 15) is 0 Å². The fourth-order valence-corrected chi connectivity index (χ4v) is 0.911. The van der Waals surface area contributed by atoms with Crippen LogP contribution in [0, 0.1) is 12.3 Å². The summed E-state index contributed by atoms with van der Waals surface area (Å²) in [6.45, 7) is 7.41. The van der Waals surface area contributed by atoms with Crippen LogP contribution in [0.15, 0.2) is 0 Å². The Bertz CT molecular complexity index is 135. The van der Waals surface area contributed by atoms with Crippen LogP contribution >= 0.6 is 0 Å². The van der Waals surface area contributed by atoms with Crippen LogP contribution in [-0.2, 0) is 0 Å². The van der Waals surface area contributed by atoms with Crippen LogP contribution in [0.4, 0.5) is 0 Å². The van der Waals surface area contributed by atoms with Crippen molar-refractivity contribution in [2.75, 3.05) is 26.7 Å². The second kappa shape index (κ2) is 7.15. The van der Waals surface area contributed by atoms with Crippen LogP contribution in [0.25, 0.3) is 0 Å². The average molecular weight is 168 g/mol. The van der Waals surface area contributed by atoms with Gasteiger partial charge in [-0.15, -0.1) is 12.3 Å². The SMILES string of the molecule is C#CCCN(C)CCNC(C)C. The lowest BCUT2D eigenvalue weighted by atomic mass is 10.3. The molecule has 0 amide bonds. The van der Waals surface area contributed by atoms with E-state index >= 15 is 0 Å². The van der Waals surface area contributed by atoms with Crippen LogP contribution < -0.4 is 5.32 Å². The first-order valence-corrected chi connectivity index (χ1v) is 4.52. The first-order valence-electron chi connectivity index (χ1n) is 4.52. The lowest BCUT2D eigenvalue weighted by Crippen LogP contribution is -2.33. The lowest BCUT2D eigenvalue weighted by molar-refractivity contribution is 0.334. The minimum absolute atomic E-state index is 0.575. The highest BCUT2D eigenvalue weighted by atomic mass is 15.1. The molecule has 0 aliphatic carbocycles. The molecule has 0 saturated heterocycles. The summed E-state index contributed by atoms with van der Waals surface area (Å²) in [4.78, 5) is 2.25. The molecule has 2 nitrogen and oxygen atoms in total. The third kappa shape index (κ3) is 7.59. The predicted octanol–water partition coefficient (Wildman–Crippen LogP) is 0.940. The van der Waals surface area contributed by atoms with Crippen LogP contribution in [0.1, 0.15) is 20.3 Å². The van der Waals surface area contributed by atoms with Crippen LogP contribution in [0.3, 0.4) is 0 Å². The molecule has 0 bridgehead atoms. The minimum Gasteiger partial charge on any atom is -0.313 e. The maximum atomic E-state index is 5.16. The molecule has 0 aromatic rings. The van der Waals surface area contributed by atoms with Gasteiger partial charge < -0.3 is 10.2 Å². The van der Waals surface area contributed by atoms with Crippen LogP contribution in [-0.4, -0.2) is 37.6 Å². The molecule has 0 aromatic carbocycles. The van der Waals surface area contributed by atoms with E-state index in [4.69, 9.17) is 6.42 Å². The van der Waals surface area contributed by atoms with Gasteiger partial charge in [-0.25, -0.2) is 0 Å². The summed E-state index contributed by atoms with van der Waals surface area (Å²) < 4.78 is 0. The third-order valence-corrected chi connectivity index (χ3v) is 1.68. The molecule has 0 aromatic heterocycles. The van der Waals surface area contributed by atoms with Gasteiger partial charge in [-0.2, -0.15) is 0 Å². The second-order valence-corrected chi connectivity index (χ2v) is 3.37. The van der Waals surface area contributed by atoms with Gasteiger partial charge in [0.05, 0.1) is 0 Å². The molecule has 70 valence electrons. The van der Waals surface area contributed by atoms with Gasteiger partial charge in [0.25, 0.3) is 0 Å². The fraction of sp³-hybridized carbons (Fsp3) is 0.800. The summed E-state index contributed by atoms with van der Waals surface area (Å²) in [5.41, 5.74) is 0. The summed E-state index contributed by atoms with van der Waals surface area (Å²) in [6, 6.07) is 0.575. The molecular weight excluding hydrogens is 148 g/mol. The van der Waals surface area contributed by atoms with Gasteiger partial charge in [0, 0.05) is 32.1 Å². The van der Waals surface area contributed by atoms with Gasteiger partial charge in [-0.3, -0.25) is 0 Å². The Morgan fingerprint density at radius 1 is 1.42 bits per heavy atom. The monoisotopic (exact) mass is 168 g/mol. The molecule has 12 heavy (non-hydrogen) atoms. The summed E-state index contributed by atoms with van der Waals surface area (Å²) in [5.74, 6) is 2.64. The van der Waals surface area contributed by atoms with Crippen molar-refractivity contribution in [1.29, 1.82) is 0 Å². The van der Waals surface area contributed by atoms with Crippen molar-refractivity contribution in [3.8, 4) is 12.3 Å². The highest BCUT2D eigenvalue weighted by molar-refractivity contribution is 4.84. The van der Waals surface area contributed by atoms with E-state index in [2.05, 4.69) is 37.0 Å². The van der Waals surface area contributed by atoms with Crippen LogP contribution in [0.5, 0.6) is 0 Å². The van der Waals surface area contributed by atoms with E-state index in [0.29, 0.717) is 6.04 Å². The topological polar surface area (TPSA) is 15.3 Å². The van der Waals surface area contributed by atoms with Crippen molar-refractivity contribution in [1.82, 2.24) is 10.2 Å². The van der Waals surface area contributed by atoms with Gasteiger partial charge in [0.1, 0.15) is 0 Å². The quantitative estimate of drug-likeness (QED) is 0.594. The second-order valence-electron chi connectivity index (χ2n) is 3.37. The zero-order valence-corrected chi connectivity index (χ0v) is 8.43. The van der Waals surface area contributed by atoms with Crippen molar-refractivity contribution >= 4 is 0 Å². The van der Waals surface area contributed by atoms with E-state index in [-0.39, 0.29) is 0 Å². The smallest absolute Gasteiger partial charge is 0.0214 e. The summed E-state index contributed by atoms with van der Waals surface area (Å²) in [7, 11) is 2.10. The van der Waals surface area contributed by atoms with E-state index in [1.807, 2.05) is 0 Å². The maximum absolute atomic E-state index is 5.16. The number of nitrogens with one attached hydrogen (secondary N) is 1. The van der Waals surface area contributed by atoms with Crippen molar-refractivity contribution < 1.29 is 0 Å². The molecule has 0 heterocycles. The van der Waals surface area contributed by atoms with Gasteiger partial charge >= 0.3 is 0 Å². The molecular formula is C10H20N2. The molecule has 0 saturated carbocycles. The zero-order valence-electron chi connectivity index (χ0n) is 8.43. The Hall–Kier alpha value is -0.520. The van der Waals surface area contributed by atoms with Gasteiger partial charge in [-0.1, -0.05) is 13.8 Å². The lowest BCUT2D eigenvalue weighted by Gasteiger charge is -2.16. The summed E-state index contributed by atoms with van der Waals surface area (Å²) in [6.07, 6.45) is 6.01. The van der Waals surface area contributed by atoms with Gasteiger partial charge in [-0.05, 0) is 7.05 Å². The van der Waals surface area contributed by atoms with Gasteiger partial charge in [0.15, 0.2) is 0 Å². The fourth-order valence-electron chi connectivity index (χ4n) is 0.911. The number of rotatable bonds is 6. The first-order chi connectivity index (χ1) is 5.66.